The third kappa shape index (κ3) is 2.00. The van der Waals surface area contributed by atoms with Crippen molar-refractivity contribution in [3.63, 3.8) is 0 Å². The zero-order valence-corrected chi connectivity index (χ0v) is 9.83. The number of rotatable bonds is 3. The highest BCUT2D eigenvalue weighted by Crippen LogP contribution is 2.43. The van der Waals surface area contributed by atoms with Crippen LogP contribution in [0.15, 0.2) is 24.3 Å². The van der Waals surface area contributed by atoms with Crippen LogP contribution >= 0.6 is 0 Å². The molecule has 0 amide bonds. The van der Waals surface area contributed by atoms with Gasteiger partial charge in [0.15, 0.2) is 0 Å². The minimum atomic E-state index is -0.134. The Bertz CT molecular complexity index is 334. The van der Waals surface area contributed by atoms with Crippen LogP contribution in [0.3, 0.4) is 0 Å². The molecule has 2 nitrogen and oxygen atoms in total. The van der Waals surface area contributed by atoms with Crippen molar-refractivity contribution >= 4 is 5.69 Å². The van der Waals surface area contributed by atoms with E-state index < -0.39 is 0 Å². The molecule has 15 heavy (non-hydrogen) atoms. The van der Waals surface area contributed by atoms with Crippen LogP contribution in [0, 0.1) is 5.92 Å². The van der Waals surface area contributed by atoms with Crippen LogP contribution in [0.5, 0.6) is 0 Å². The molecule has 2 N–H and O–H groups in total. The zero-order valence-electron chi connectivity index (χ0n) is 9.83. The second kappa shape index (κ2) is 3.53. The number of nitrogens with zero attached hydrogens (tertiary/aromatic N) is 1. The van der Waals surface area contributed by atoms with Crippen LogP contribution in [-0.4, -0.2) is 14.1 Å². The molecule has 0 spiro atoms. The molecule has 2 rings (SSSR count). The van der Waals surface area contributed by atoms with E-state index in [4.69, 9.17) is 5.73 Å². The van der Waals surface area contributed by atoms with Gasteiger partial charge in [0.25, 0.3) is 0 Å². The topological polar surface area (TPSA) is 29.3 Å². The van der Waals surface area contributed by atoms with Gasteiger partial charge < -0.3 is 10.6 Å². The van der Waals surface area contributed by atoms with Crippen molar-refractivity contribution in [2.24, 2.45) is 11.7 Å². The molecule has 1 aromatic rings. The minimum Gasteiger partial charge on any atom is -0.378 e. The van der Waals surface area contributed by atoms with E-state index in [2.05, 4.69) is 50.2 Å². The smallest absolute Gasteiger partial charge is 0.0409 e. The first-order valence-corrected chi connectivity index (χ1v) is 5.58. The third-order valence-electron chi connectivity index (χ3n) is 3.43. The molecule has 1 saturated carbocycles. The molecule has 1 atom stereocenters. The molecule has 0 aromatic heterocycles. The SMILES string of the molecule is CN(C)c1ccc(C(C)(N)C2CC2)cc1. The molecule has 82 valence electrons. The zero-order chi connectivity index (χ0) is 11.1. The molecule has 1 fully saturated rings. The van der Waals surface area contributed by atoms with Crippen LogP contribution in [0.25, 0.3) is 0 Å². The summed E-state index contributed by atoms with van der Waals surface area (Å²) in [6.07, 6.45) is 2.56. The number of hydrogen-bond acceptors (Lipinski definition) is 2. The Morgan fingerprint density at radius 2 is 1.73 bits per heavy atom. The summed E-state index contributed by atoms with van der Waals surface area (Å²) >= 11 is 0. The lowest BCUT2D eigenvalue weighted by molar-refractivity contribution is 0.427. The van der Waals surface area contributed by atoms with Gasteiger partial charge in [0, 0.05) is 25.3 Å². The third-order valence-corrected chi connectivity index (χ3v) is 3.43. The molecular weight excluding hydrogens is 184 g/mol. The Kier molecular flexibility index (Phi) is 2.47. The van der Waals surface area contributed by atoms with E-state index in [-0.39, 0.29) is 5.54 Å². The van der Waals surface area contributed by atoms with E-state index >= 15 is 0 Å². The number of benzene rings is 1. The fourth-order valence-electron chi connectivity index (χ4n) is 2.04. The number of anilines is 1. The van der Waals surface area contributed by atoms with Crippen molar-refractivity contribution in [1.82, 2.24) is 0 Å². The average Bonchev–Trinajstić information content (AvgIpc) is 3.01. The summed E-state index contributed by atoms with van der Waals surface area (Å²) in [5.41, 5.74) is 8.71. The summed E-state index contributed by atoms with van der Waals surface area (Å²) < 4.78 is 0. The molecule has 0 heterocycles. The number of nitrogens with two attached hydrogens (primary N) is 1. The van der Waals surface area contributed by atoms with E-state index in [1.807, 2.05) is 0 Å². The van der Waals surface area contributed by atoms with E-state index in [9.17, 15) is 0 Å². The number of hydrogen-bond donors (Lipinski definition) is 1. The minimum absolute atomic E-state index is 0.134. The van der Waals surface area contributed by atoms with Crippen molar-refractivity contribution in [3.05, 3.63) is 29.8 Å². The first-order valence-electron chi connectivity index (χ1n) is 5.58. The fraction of sp³-hybridized carbons (Fsp3) is 0.538. The molecule has 0 bridgehead atoms. The molecule has 1 unspecified atom stereocenters. The Balaban J connectivity index is 2.22. The summed E-state index contributed by atoms with van der Waals surface area (Å²) in [7, 11) is 4.11. The van der Waals surface area contributed by atoms with E-state index in [0.717, 1.165) is 0 Å². The summed E-state index contributed by atoms with van der Waals surface area (Å²) in [6, 6.07) is 8.60. The Labute approximate surface area is 92.1 Å². The van der Waals surface area contributed by atoms with Crippen molar-refractivity contribution in [2.75, 3.05) is 19.0 Å². The quantitative estimate of drug-likeness (QED) is 0.819. The predicted molar refractivity (Wildman–Crippen MR) is 65.0 cm³/mol. The molecule has 1 aromatic carbocycles. The second-order valence-corrected chi connectivity index (χ2v) is 5.00. The molecule has 0 radical (unpaired) electrons. The van der Waals surface area contributed by atoms with Gasteiger partial charge in [0.1, 0.15) is 0 Å². The average molecular weight is 204 g/mol. The summed E-state index contributed by atoms with van der Waals surface area (Å²) in [4.78, 5) is 2.11. The molecule has 0 aliphatic heterocycles. The molecule has 2 heteroatoms. The van der Waals surface area contributed by atoms with Gasteiger partial charge in [-0.1, -0.05) is 12.1 Å². The summed E-state index contributed by atoms with van der Waals surface area (Å²) in [5, 5.41) is 0. The lowest BCUT2D eigenvalue weighted by Gasteiger charge is -2.25. The van der Waals surface area contributed by atoms with Gasteiger partial charge in [-0.15, -0.1) is 0 Å². The summed E-state index contributed by atoms with van der Waals surface area (Å²) in [5.74, 6) is 0.683. The normalized spacial score (nSPS) is 19.7. The van der Waals surface area contributed by atoms with Gasteiger partial charge in [0.2, 0.25) is 0 Å². The van der Waals surface area contributed by atoms with Crippen LogP contribution in [0.2, 0.25) is 0 Å². The monoisotopic (exact) mass is 204 g/mol. The van der Waals surface area contributed by atoms with Crippen LogP contribution in [-0.2, 0) is 5.54 Å². The van der Waals surface area contributed by atoms with E-state index in [1.165, 1.54) is 24.1 Å². The maximum absolute atomic E-state index is 6.36. The van der Waals surface area contributed by atoms with Gasteiger partial charge in [-0.2, -0.15) is 0 Å². The fourth-order valence-corrected chi connectivity index (χ4v) is 2.04. The standard InChI is InChI=1S/C13H20N2/c1-13(14,10-4-5-10)11-6-8-12(9-7-11)15(2)3/h6-10H,4-5,14H2,1-3H3. The first-order chi connectivity index (χ1) is 7.01. The summed E-state index contributed by atoms with van der Waals surface area (Å²) in [6.45, 7) is 2.15. The maximum Gasteiger partial charge on any atom is 0.0409 e. The molecular formula is C13H20N2. The Hall–Kier alpha value is -1.02. The lowest BCUT2D eigenvalue weighted by atomic mass is 9.88. The largest absolute Gasteiger partial charge is 0.378 e. The van der Waals surface area contributed by atoms with Crippen LogP contribution < -0.4 is 10.6 Å². The van der Waals surface area contributed by atoms with Crippen molar-refractivity contribution in [3.8, 4) is 0 Å². The second-order valence-electron chi connectivity index (χ2n) is 5.00. The van der Waals surface area contributed by atoms with Gasteiger partial charge in [-0.05, 0) is 43.4 Å². The molecule has 0 saturated heterocycles. The van der Waals surface area contributed by atoms with Gasteiger partial charge in [0.05, 0.1) is 0 Å². The first kappa shape index (κ1) is 10.5. The van der Waals surface area contributed by atoms with Crippen molar-refractivity contribution in [2.45, 2.75) is 25.3 Å². The van der Waals surface area contributed by atoms with Crippen LogP contribution in [0.4, 0.5) is 5.69 Å². The Morgan fingerprint density at radius 1 is 1.20 bits per heavy atom. The van der Waals surface area contributed by atoms with Crippen LogP contribution in [0.1, 0.15) is 25.3 Å². The van der Waals surface area contributed by atoms with Crippen molar-refractivity contribution < 1.29 is 0 Å². The van der Waals surface area contributed by atoms with Gasteiger partial charge in [-0.3, -0.25) is 0 Å². The maximum atomic E-state index is 6.36. The van der Waals surface area contributed by atoms with Gasteiger partial charge in [-0.25, -0.2) is 0 Å². The highest BCUT2D eigenvalue weighted by molar-refractivity contribution is 5.47. The molecule has 1 aliphatic carbocycles. The Morgan fingerprint density at radius 3 is 2.13 bits per heavy atom. The van der Waals surface area contributed by atoms with Gasteiger partial charge >= 0.3 is 0 Å². The van der Waals surface area contributed by atoms with Crippen molar-refractivity contribution in [1.29, 1.82) is 0 Å². The highest BCUT2D eigenvalue weighted by atomic mass is 15.1. The lowest BCUT2D eigenvalue weighted by Crippen LogP contribution is -2.35. The molecule has 1 aliphatic rings. The van der Waals surface area contributed by atoms with E-state index in [0.29, 0.717) is 5.92 Å². The highest BCUT2D eigenvalue weighted by Gasteiger charge is 2.39. The van der Waals surface area contributed by atoms with E-state index in [1.54, 1.807) is 0 Å². The predicted octanol–water partition coefficient (Wildman–Crippen LogP) is 2.34.